The molecule has 0 spiro atoms. The van der Waals surface area contributed by atoms with E-state index >= 15 is 0 Å². The SMILES string of the molecule is CC(C)(C)C(=O)Nc1coc(C(C)(C)C)n1. The molecule has 0 aromatic carbocycles. The van der Waals surface area contributed by atoms with E-state index in [9.17, 15) is 4.79 Å². The predicted molar refractivity (Wildman–Crippen MR) is 63.3 cm³/mol. The molecule has 0 fully saturated rings. The minimum Gasteiger partial charge on any atom is -0.446 e. The summed E-state index contributed by atoms with van der Waals surface area (Å²) in [5.41, 5.74) is -0.578. The first-order chi connectivity index (χ1) is 7.10. The van der Waals surface area contributed by atoms with Crippen molar-refractivity contribution in [3.05, 3.63) is 12.2 Å². The molecule has 16 heavy (non-hydrogen) atoms. The number of amides is 1. The van der Waals surface area contributed by atoms with Crippen LogP contribution in [0.4, 0.5) is 5.82 Å². The fraction of sp³-hybridized carbons (Fsp3) is 0.667. The zero-order valence-electron chi connectivity index (χ0n) is 10.8. The van der Waals surface area contributed by atoms with Crippen LogP contribution < -0.4 is 5.32 Å². The molecule has 1 N–H and O–H groups in total. The molecule has 0 aliphatic heterocycles. The summed E-state index contributed by atoms with van der Waals surface area (Å²) >= 11 is 0. The van der Waals surface area contributed by atoms with Gasteiger partial charge in [-0.15, -0.1) is 0 Å². The van der Waals surface area contributed by atoms with Gasteiger partial charge < -0.3 is 9.73 Å². The highest BCUT2D eigenvalue weighted by molar-refractivity contribution is 5.93. The normalized spacial score (nSPS) is 12.6. The van der Waals surface area contributed by atoms with E-state index in [0.717, 1.165) is 0 Å². The number of carbonyl (C=O) groups is 1. The van der Waals surface area contributed by atoms with Crippen LogP contribution in [0.1, 0.15) is 47.4 Å². The van der Waals surface area contributed by atoms with E-state index in [1.807, 2.05) is 41.5 Å². The Balaban J connectivity index is 2.78. The summed E-state index contributed by atoms with van der Waals surface area (Å²) in [6.07, 6.45) is 1.48. The van der Waals surface area contributed by atoms with E-state index in [1.165, 1.54) is 6.26 Å². The maximum absolute atomic E-state index is 11.7. The Kier molecular flexibility index (Phi) is 3.13. The molecule has 0 bridgehead atoms. The molecule has 0 saturated carbocycles. The Hall–Kier alpha value is -1.32. The maximum Gasteiger partial charge on any atom is 0.230 e. The van der Waals surface area contributed by atoms with Gasteiger partial charge in [-0.3, -0.25) is 4.79 Å². The number of hydrogen-bond donors (Lipinski definition) is 1. The van der Waals surface area contributed by atoms with Crippen molar-refractivity contribution in [3.8, 4) is 0 Å². The molecule has 1 rings (SSSR count). The number of nitrogens with zero attached hydrogens (tertiary/aromatic N) is 1. The molecular weight excluding hydrogens is 204 g/mol. The summed E-state index contributed by atoms with van der Waals surface area (Å²) < 4.78 is 5.32. The Morgan fingerprint density at radius 1 is 1.25 bits per heavy atom. The highest BCUT2D eigenvalue weighted by Crippen LogP contribution is 2.23. The number of anilines is 1. The predicted octanol–water partition coefficient (Wildman–Crippen LogP) is 2.96. The molecule has 0 unspecified atom stereocenters. The smallest absolute Gasteiger partial charge is 0.230 e. The van der Waals surface area contributed by atoms with Crippen LogP contribution in [0.15, 0.2) is 10.7 Å². The molecule has 1 heterocycles. The topological polar surface area (TPSA) is 55.1 Å². The first kappa shape index (κ1) is 12.7. The van der Waals surface area contributed by atoms with Crippen molar-refractivity contribution in [2.45, 2.75) is 47.0 Å². The van der Waals surface area contributed by atoms with Crippen molar-refractivity contribution in [3.63, 3.8) is 0 Å². The quantitative estimate of drug-likeness (QED) is 0.797. The van der Waals surface area contributed by atoms with Gasteiger partial charge in [0.15, 0.2) is 5.82 Å². The van der Waals surface area contributed by atoms with Gasteiger partial charge in [-0.2, -0.15) is 4.98 Å². The monoisotopic (exact) mass is 224 g/mol. The van der Waals surface area contributed by atoms with Crippen molar-refractivity contribution in [2.75, 3.05) is 5.32 Å². The molecule has 1 aromatic rings. The van der Waals surface area contributed by atoms with Crippen LogP contribution in [0.3, 0.4) is 0 Å². The summed E-state index contributed by atoms with van der Waals surface area (Å²) in [7, 11) is 0. The highest BCUT2D eigenvalue weighted by atomic mass is 16.3. The molecular formula is C12H20N2O2. The number of aromatic nitrogens is 1. The average molecular weight is 224 g/mol. The lowest BCUT2D eigenvalue weighted by Gasteiger charge is -2.16. The van der Waals surface area contributed by atoms with Crippen molar-refractivity contribution >= 4 is 11.7 Å². The number of oxazole rings is 1. The Morgan fingerprint density at radius 2 is 1.81 bits per heavy atom. The van der Waals surface area contributed by atoms with Crippen LogP contribution in [0.2, 0.25) is 0 Å². The number of hydrogen-bond acceptors (Lipinski definition) is 3. The first-order valence-electron chi connectivity index (χ1n) is 5.38. The summed E-state index contributed by atoms with van der Waals surface area (Å²) in [4.78, 5) is 15.9. The molecule has 0 radical (unpaired) electrons. The van der Waals surface area contributed by atoms with Gasteiger partial charge in [0.1, 0.15) is 6.26 Å². The van der Waals surface area contributed by atoms with Gasteiger partial charge in [0, 0.05) is 10.8 Å². The minimum atomic E-state index is -0.430. The Labute approximate surface area is 96.4 Å². The van der Waals surface area contributed by atoms with Crippen LogP contribution in [0.5, 0.6) is 0 Å². The van der Waals surface area contributed by atoms with Gasteiger partial charge >= 0.3 is 0 Å². The van der Waals surface area contributed by atoms with Gasteiger partial charge in [-0.25, -0.2) is 0 Å². The second-order valence-electron chi connectivity index (χ2n) is 5.99. The van der Waals surface area contributed by atoms with E-state index < -0.39 is 5.41 Å². The number of rotatable bonds is 1. The second kappa shape index (κ2) is 3.92. The Morgan fingerprint density at radius 3 is 2.19 bits per heavy atom. The van der Waals surface area contributed by atoms with E-state index in [-0.39, 0.29) is 11.3 Å². The minimum absolute atomic E-state index is 0.0683. The lowest BCUT2D eigenvalue weighted by molar-refractivity contribution is -0.123. The molecule has 1 aromatic heterocycles. The number of carbonyl (C=O) groups excluding carboxylic acids is 1. The van der Waals surface area contributed by atoms with Crippen molar-refractivity contribution in [1.82, 2.24) is 4.98 Å². The lowest BCUT2D eigenvalue weighted by atomic mass is 9.96. The molecule has 0 aliphatic rings. The summed E-state index contributed by atoms with van der Waals surface area (Å²) in [5.74, 6) is 1.03. The summed E-state index contributed by atoms with van der Waals surface area (Å²) in [6.45, 7) is 11.6. The third-order valence-electron chi connectivity index (χ3n) is 2.07. The van der Waals surface area contributed by atoms with Crippen molar-refractivity contribution < 1.29 is 9.21 Å². The Bertz CT molecular complexity index is 380. The van der Waals surface area contributed by atoms with Gasteiger partial charge in [0.2, 0.25) is 11.8 Å². The van der Waals surface area contributed by atoms with Crippen LogP contribution >= 0.6 is 0 Å². The number of nitrogens with one attached hydrogen (secondary N) is 1. The maximum atomic E-state index is 11.7. The van der Waals surface area contributed by atoms with Gasteiger partial charge in [0.25, 0.3) is 0 Å². The first-order valence-corrected chi connectivity index (χ1v) is 5.38. The zero-order valence-corrected chi connectivity index (χ0v) is 10.8. The van der Waals surface area contributed by atoms with E-state index in [2.05, 4.69) is 10.3 Å². The highest BCUT2D eigenvalue weighted by Gasteiger charge is 2.24. The molecule has 4 nitrogen and oxygen atoms in total. The van der Waals surface area contributed by atoms with Crippen molar-refractivity contribution in [1.29, 1.82) is 0 Å². The lowest BCUT2D eigenvalue weighted by Crippen LogP contribution is -2.27. The standard InChI is InChI=1S/C12H20N2O2/c1-11(2,3)9(15)13-8-7-16-10(14-8)12(4,5)6/h7H,1-6H3,(H,13,15). The third-order valence-corrected chi connectivity index (χ3v) is 2.07. The van der Waals surface area contributed by atoms with Crippen LogP contribution in [0.25, 0.3) is 0 Å². The molecule has 4 heteroatoms. The molecule has 0 saturated heterocycles. The molecule has 1 amide bonds. The van der Waals surface area contributed by atoms with Crippen LogP contribution in [0, 0.1) is 5.41 Å². The largest absolute Gasteiger partial charge is 0.446 e. The van der Waals surface area contributed by atoms with E-state index in [0.29, 0.717) is 11.7 Å². The second-order valence-corrected chi connectivity index (χ2v) is 5.99. The molecule has 90 valence electrons. The molecule has 0 atom stereocenters. The summed E-state index contributed by atoms with van der Waals surface area (Å²) in [5, 5.41) is 2.73. The van der Waals surface area contributed by atoms with Crippen LogP contribution in [-0.2, 0) is 10.2 Å². The fourth-order valence-corrected chi connectivity index (χ4v) is 0.979. The van der Waals surface area contributed by atoms with Crippen LogP contribution in [-0.4, -0.2) is 10.9 Å². The third kappa shape index (κ3) is 3.08. The van der Waals surface area contributed by atoms with Gasteiger partial charge in [-0.1, -0.05) is 41.5 Å². The zero-order chi connectivity index (χ0) is 12.6. The molecule has 0 aliphatic carbocycles. The van der Waals surface area contributed by atoms with E-state index in [1.54, 1.807) is 0 Å². The van der Waals surface area contributed by atoms with Gasteiger partial charge in [-0.05, 0) is 0 Å². The summed E-state index contributed by atoms with van der Waals surface area (Å²) in [6, 6.07) is 0. The van der Waals surface area contributed by atoms with Crippen molar-refractivity contribution in [2.24, 2.45) is 5.41 Å². The average Bonchev–Trinajstić information content (AvgIpc) is 2.49. The van der Waals surface area contributed by atoms with Gasteiger partial charge in [0.05, 0.1) is 0 Å². The fourth-order valence-electron chi connectivity index (χ4n) is 0.979. The van der Waals surface area contributed by atoms with E-state index in [4.69, 9.17) is 4.42 Å².